The maximum Gasteiger partial charge on any atom is 0.302 e. The number of rotatable bonds is 5. The number of nitrogens with one attached hydrogen (secondary N) is 1. The van der Waals surface area contributed by atoms with E-state index in [0.717, 1.165) is 12.8 Å². The van der Waals surface area contributed by atoms with Crippen LogP contribution in [0, 0.1) is 0 Å². The Morgan fingerprint density at radius 2 is 2.00 bits per heavy atom. The molecule has 0 aromatic rings. The fraction of sp³-hybridized carbons (Fsp3) is 0.778. The Balaban J connectivity index is 3.79. The van der Waals surface area contributed by atoms with Crippen LogP contribution >= 0.6 is 0 Å². The van der Waals surface area contributed by atoms with Gasteiger partial charge in [-0.2, -0.15) is 0 Å². The van der Waals surface area contributed by atoms with Gasteiger partial charge < -0.3 is 10.1 Å². The maximum atomic E-state index is 10.7. The first kappa shape index (κ1) is 11.9. The van der Waals surface area contributed by atoms with E-state index in [9.17, 15) is 9.59 Å². The van der Waals surface area contributed by atoms with Crippen LogP contribution in [0.4, 0.5) is 0 Å². The molecule has 0 saturated heterocycles. The summed E-state index contributed by atoms with van der Waals surface area (Å²) in [6.07, 6.45) is 1.78. The normalized spacial score (nSPS) is 11.9. The molecule has 1 N–H and O–H groups in total. The second kappa shape index (κ2) is 6.46. The molecule has 0 heterocycles. The van der Waals surface area contributed by atoms with Crippen molar-refractivity contribution in [3.8, 4) is 0 Å². The summed E-state index contributed by atoms with van der Waals surface area (Å²) in [5.74, 6) is -0.406. The summed E-state index contributed by atoms with van der Waals surface area (Å²) in [6.45, 7) is 5.10. The quantitative estimate of drug-likeness (QED) is 0.649. The van der Waals surface area contributed by atoms with Gasteiger partial charge in [0.05, 0.1) is 6.04 Å². The average Bonchev–Trinajstić information content (AvgIpc) is 1.99. The molecule has 0 aromatic carbocycles. The third kappa shape index (κ3) is 7.31. The summed E-state index contributed by atoms with van der Waals surface area (Å²) in [5, 5.41) is 2.72. The summed E-state index contributed by atoms with van der Waals surface area (Å²) >= 11 is 0. The minimum absolute atomic E-state index is 0.0496. The minimum atomic E-state index is -0.313. The molecule has 0 aromatic heterocycles. The number of esters is 1. The van der Waals surface area contributed by atoms with Gasteiger partial charge in [-0.3, -0.25) is 9.59 Å². The summed E-state index contributed by atoms with van der Waals surface area (Å²) < 4.78 is 4.80. The predicted molar refractivity (Wildman–Crippen MR) is 49.1 cm³/mol. The summed E-state index contributed by atoms with van der Waals surface area (Å²) in [7, 11) is 0. The third-order valence-electron chi connectivity index (χ3n) is 1.53. The summed E-state index contributed by atoms with van der Waals surface area (Å²) in [5.41, 5.74) is 0. The zero-order valence-corrected chi connectivity index (χ0v) is 8.42. The standard InChI is InChI=1S/C9H17NO3/c1-4-5-9(10-7(2)11)6-13-8(3)12/h9H,4-6H2,1-3H3,(H,10,11)/t9-/m0/s1. The Morgan fingerprint density at radius 3 is 2.38 bits per heavy atom. The van der Waals surface area contributed by atoms with Crippen molar-refractivity contribution in [2.75, 3.05) is 6.61 Å². The van der Waals surface area contributed by atoms with Crippen LogP contribution in [0.15, 0.2) is 0 Å². The van der Waals surface area contributed by atoms with Gasteiger partial charge in [0, 0.05) is 13.8 Å². The molecule has 4 nitrogen and oxygen atoms in total. The van der Waals surface area contributed by atoms with E-state index in [1.165, 1.54) is 13.8 Å². The van der Waals surface area contributed by atoms with Gasteiger partial charge in [-0.05, 0) is 6.42 Å². The van der Waals surface area contributed by atoms with Crippen LogP contribution in [-0.4, -0.2) is 24.5 Å². The van der Waals surface area contributed by atoms with Gasteiger partial charge in [-0.15, -0.1) is 0 Å². The van der Waals surface area contributed by atoms with Gasteiger partial charge in [0.2, 0.25) is 5.91 Å². The molecule has 4 heteroatoms. The number of carbonyl (C=O) groups excluding carboxylic acids is 2. The van der Waals surface area contributed by atoms with Crippen molar-refractivity contribution in [2.24, 2.45) is 0 Å². The summed E-state index contributed by atoms with van der Waals surface area (Å²) in [6, 6.07) is -0.0496. The molecule has 0 unspecified atom stereocenters. The molecule has 0 bridgehead atoms. The van der Waals surface area contributed by atoms with E-state index in [-0.39, 0.29) is 24.5 Å². The van der Waals surface area contributed by atoms with Crippen LogP contribution in [0.3, 0.4) is 0 Å². The van der Waals surface area contributed by atoms with Crippen LogP contribution in [0.2, 0.25) is 0 Å². The Bertz CT molecular complexity index is 180. The fourth-order valence-corrected chi connectivity index (χ4v) is 1.05. The Hall–Kier alpha value is -1.06. The first-order valence-electron chi connectivity index (χ1n) is 4.46. The molecule has 1 amide bonds. The molecule has 0 aliphatic rings. The largest absolute Gasteiger partial charge is 0.464 e. The van der Waals surface area contributed by atoms with E-state index >= 15 is 0 Å². The van der Waals surface area contributed by atoms with E-state index in [1.807, 2.05) is 6.92 Å². The van der Waals surface area contributed by atoms with E-state index in [1.54, 1.807) is 0 Å². The van der Waals surface area contributed by atoms with Crippen molar-refractivity contribution in [3.63, 3.8) is 0 Å². The minimum Gasteiger partial charge on any atom is -0.464 e. The van der Waals surface area contributed by atoms with Crippen molar-refractivity contribution in [3.05, 3.63) is 0 Å². The Kier molecular flexibility index (Phi) is 5.93. The second-order valence-corrected chi connectivity index (χ2v) is 2.99. The molecule has 0 radical (unpaired) electrons. The Labute approximate surface area is 78.6 Å². The number of amides is 1. The first-order valence-corrected chi connectivity index (χ1v) is 4.46. The van der Waals surface area contributed by atoms with E-state index in [0.29, 0.717) is 0 Å². The molecule has 0 aliphatic heterocycles. The summed E-state index contributed by atoms with van der Waals surface area (Å²) in [4.78, 5) is 21.2. The highest BCUT2D eigenvalue weighted by Crippen LogP contribution is 1.97. The van der Waals surface area contributed by atoms with Crippen LogP contribution < -0.4 is 5.32 Å². The van der Waals surface area contributed by atoms with Crippen LogP contribution in [-0.2, 0) is 14.3 Å². The van der Waals surface area contributed by atoms with Crippen LogP contribution in [0.1, 0.15) is 33.6 Å². The molecule has 0 saturated carbocycles. The van der Waals surface area contributed by atoms with E-state index in [4.69, 9.17) is 4.74 Å². The van der Waals surface area contributed by atoms with Gasteiger partial charge in [0.25, 0.3) is 0 Å². The van der Waals surface area contributed by atoms with Crippen molar-refractivity contribution in [2.45, 2.75) is 39.7 Å². The zero-order chi connectivity index (χ0) is 10.3. The molecule has 13 heavy (non-hydrogen) atoms. The van der Waals surface area contributed by atoms with Crippen molar-refractivity contribution >= 4 is 11.9 Å². The van der Waals surface area contributed by atoms with Crippen molar-refractivity contribution in [1.82, 2.24) is 5.32 Å². The molecule has 0 spiro atoms. The number of hydrogen-bond acceptors (Lipinski definition) is 3. The SMILES string of the molecule is CCC[C@@H](COC(C)=O)NC(C)=O. The van der Waals surface area contributed by atoms with E-state index < -0.39 is 0 Å². The highest BCUT2D eigenvalue weighted by Gasteiger charge is 2.09. The molecular weight excluding hydrogens is 170 g/mol. The predicted octanol–water partition coefficient (Wildman–Crippen LogP) is 0.854. The molecule has 76 valence electrons. The van der Waals surface area contributed by atoms with Crippen molar-refractivity contribution in [1.29, 1.82) is 0 Å². The molecular formula is C9H17NO3. The van der Waals surface area contributed by atoms with Gasteiger partial charge in [-0.25, -0.2) is 0 Å². The van der Waals surface area contributed by atoms with Gasteiger partial charge >= 0.3 is 5.97 Å². The molecule has 0 aliphatic carbocycles. The lowest BCUT2D eigenvalue weighted by atomic mass is 10.2. The van der Waals surface area contributed by atoms with Gasteiger partial charge in [0.15, 0.2) is 0 Å². The third-order valence-corrected chi connectivity index (χ3v) is 1.53. The number of hydrogen-bond donors (Lipinski definition) is 1. The number of ether oxygens (including phenoxy) is 1. The fourth-order valence-electron chi connectivity index (χ4n) is 1.05. The highest BCUT2D eigenvalue weighted by atomic mass is 16.5. The average molecular weight is 187 g/mol. The highest BCUT2D eigenvalue weighted by molar-refractivity contribution is 5.73. The zero-order valence-electron chi connectivity index (χ0n) is 8.42. The second-order valence-electron chi connectivity index (χ2n) is 2.99. The monoisotopic (exact) mass is 187 g/mol. The lowest BCUT2D eigenvalue weighted by molar-refractivity contribution is -0.142. The topological polar surface area (TPSA) is 55.4 Å². The van der Waals surface area contributed by atoms with Crippen LogP contribution in [0.25, 0.3) is 0 Å². The molecule has 0 rings (SSSR count). The van der Waals surface area contributed by atoms with E-state index in [2.05, 4.69) is 5.32 Å². The van der Waals surface area contributed by atoms with Gasteiger partial charge in [0.1, 0.15) is 6.61 Å². The van der Waals surface area contributed by atoms with Crippen molar-refractivity contribution < 1.29 is 14.3 Å². The lowest BCUT2D eigenvalue weighted by Crippen LogP contribution is -2.37. The Morgan fingerprint density at radius 1 is 1.38 bits per heavy atom. The first-order chi connectivity index (χ1) is 6.06. The maximum absolute atomic E-state index is 10.7. The van der Waals surface area contributed by atoms with Crippen LogP contribution in [0.5, 0.6) is 0 Å². The molecule has 0 fully saturated rings. The number of carbonyl (C=O) groups is 2. The smallest absolute Gasteiger partial charge is 0.302 e. The molecule has 1 atom stereocenters. The lowest BCUT2D eigenvalue weighted by Gasteiger charge is -2.16. The van der Waals surface area contributed by atoms with Gasteiger partial charge in [-0.1, -0.05) is 13.3 Å².